The predicted molar refractivity (Wildman–Crippen MR) is 114 cm³/mol. The van der Waals surface area contributed by atoms with Crippen molar-refractivity contribution >= 4 is 38.9 Å². The molecule has 1 heterocycles. The van der Waals surface area contributed by atoms with E-state index in [0.717, 1.165) is 11.8 Å². The second-order valence-electron chi connectivity index (χ2n) is 6.78. The van der Waals surface area contributed by atoms with E-state index in [1.807, 2.05) is 6.92 Å². The fourth-order valence-electron chi connectivity index (χ4n) is 3.04. The van der Waals surface area contributed by atoms with Crippen molar-refractivity contribution in [3.63, 3.8) is 0 Å². The lowest BCUT2D eigenvalue weighted by Crippen LogP contribution is -2.32. The largest absolute Gasteiger partial charge is 0.486 e. The summed E-state index contributed by atoms with van der Waals surface area (Å²) in [5.74, 6) is 1.03. The Bertz CT molecular complexity index is 1010. The zero-order valence-corrected chi connectivity index (χ0v) is 17.8. The number of sulfonamides is 1. The van der Waals surface area contributed by atoms with Gasteiger partial charge in [-0.15, -0.1) is 0 Å². The van der Waals surface area contributed by atoms with Crippen LogP contribution in [0.25, 0.3) is 0 Å². The Labute approximate surface area is 175 Å². The molecule has 0 bridgehead atoms. The Balaban J connectivity index is 1.61. The van der Waals surface area contributed by atoms with Crippen LogP contribution in [0.1, 0.15) is 18.4 Å². The zero-order chi connectivity index (χ0) is 21.0. The third-order valence-electron chi connectivity index (χ3n) is 4.43. The molecule has 0 aliphatic carbocycles. The number of nitrogens with one attached hydrogen (secondary N) is 1. The van der Waals surface area contributed by atoms with Gasteiger partial charge in [-0.25, -0.2) is 8.42 Å². The van der Waals surface area contributed by atoms with Crippen molar-refractivity contribution in [2.75, 3.05) is 35.6 Å². The Morgan fingerprint density at radius 3 is 2.59 bits per heavy atom. The highest BCUT2D eigenvalue weighted by atomic mass is 35.5. The molecule has 0 aromatic heterocycles. The number of aryl methyl sites for hydroxylation is 1. The number of nitrogens with zero attached hydrogens (tertiary/aromatic N) is 1. The van der Waals surface area contributed by atoms with E-state index in [2.05, 4.69) is 5.32 Å². The first-order chi connectivity index (χ1) is 13.7. The van der Waals surface area contributed by atoms with E-state index < -0.39 is 10.0 Å². The number of benzene rings is 2. The van der Waals surface area contributed by atoms with Crippen molar-refractivity contribution in [3.8, 4) is 11.5 Å². The van der Waals surface area contributed by atoms with Gasteiger partial charge < -0.3 is 14.8 Å². The van der Waals surface area contributed by atoms with Gasteiger partial charge in [-0.3, -0.25) is 9.10 Å². The summed E-state index contributed by atoms with van der Waals surface area (Å²) in [5.41, 5.74) is 1.91. The lowest BCUT2D eigenvalue weighted by atomic mass is 10.2. The average Bonchev–Trinajstić information content (AvgIpc) is 2.66. The predicted octanol–water partition coefficient (Wildman–Crippen LogP) is 3.60. The molecule has 0 spiro atoms. The lowest BCUT2D eigenvalue weighted by Gasteiger charge is -2.24. The molecule has 2 aromatic carbocycles. The fourth-order valence-corrected chi connectivity index (χ4v) is 4.23. The molecule has 7 nitrogen and oxygen atoms in total. The normalized spacial score (nSPS) is 13.1. The molecule has 2 aromatic rings. The first kappa shape index (κ1) is 21.3. The van der Waals surface area contributed by atoms with Crippen LogP contribution in [0.3, 0.4) is 0 Å². The van der Waals surface area contributed by atoms with Crippen molar-refractivity contribution in [3.05, 3.63) is 47.0 Å². The van der Waals surface area contributed by atoms with Gasteiger partial charge in [-0.1, -0.05) is 17.7 Å². The summed E-state index contributed by atoms with van der Waals surface area (Å²) in [6, 6.07) is 10.3. The molecule has 0 radical (unpaired) electrons. The van der Waals surface area contributed by atoms with Crippen LogP contribution in [-0.4, -0.2) is 40.3 Å². The summed E-state index contributed by atoms with van der Waals surface area (Å²) in [6.07, 6.45) is 1.66. The van der Waals surface area contributed by atoms with Crippen LogP contribution in [0.4, 0.5) is 11.4 Å². The van der Waals surface area contributed by atoms with Gasteiger partial charge in [0.05, 0.1) is 11.9 Å². The number of anilines is 2. The molecule has 9 heteroatoms. The summed E-state index contributed by atoms with van der Waals surface area (Å²) in [6.45, 7) is 2.96. The van der Waals surface area contributed by atoms with Crippen LogP contribution in [0.2, 0.25) is 5.02 Å². The van der Waals surface area contributed by atoms with E-state index in [1.165, 1.54) is 4.31 Å². The summed E-state index contributed by atoms with van der Waals surface area (Å²) in [4.78, 5) is 12.3. The molecule has 0 fully saturated rings. The second-order valence-corrected chi connectivity index (χ2v) is 9.12. The molecule has 1 amide bonds. The summed E-state index contributed by atoms with van der Waals surface area (Å²) >= 11 is 6.03. The van der Waals surface area contributed by atoms with Crippen LogP contribution < -0.4 is 19.1 Å². The second kappa shape index (κ2) is 8.92. The smallest absolute Gasteiger partial charge is 0.232 e. The maximum absolute atomic E-state index is 12.3. The van der Waals surface area contributed by atoms with Crippen LogP contribution in [-0.2, 0) is 14.8 Å². The topological polar surface area (TPSA) is 84.9 Å². The fraction of sp³-hybridized carbons (Fsp3) is 0.350. The minimum atomic E-state index is -3.51. The van der Waals surface area contributed by atoms with Crippen molar-refractivity contribution in [2.45, 2.75) is 19.8 Å². The molecule has 0 atom stereocenters. The number of ether oxygens (including phenoxy) is 2. The van der Waals surface area contributed by atoms with Crippen molar-refractivity contribution in [1.29, 1.82) is 0 Å². The van der Waals surface area contributed by atoms with Gasteiger partial charge in [0.1, 0.15) is 13.2 Å². The zero-order valence-electron chi connectivity index (χ0n) is 16.3. The van der Waals surface area contributed by atoms with E-state index in [1.54, 1.807) is 36.4 Å². The van der Waals surface area contributed by atoms with Gasteiger partial charge in [0.15, 0.2) is 11.5 Å². The van der Waals surface area contributed by atoms with Crippen LogP contribution >= 0.6 is 11.6 Å². The number of carbonyl (C=O) groups excluding carboxylic acids is 1. The molecule has 0 unspecified atom stereocenters. The highest BCUT2D eigenvalue weighted by Gasteiger charge is 2.20. The van der Waals surface area contributed by atoms with Crippen molar-refractivity contribution in [1.82, 2.24) is 0 Å². The highest BCUT2D eigenvalue weighted by Crippen LogP contribution is 2.32. The Morgan fingerprint density at radius 2 is 1.86 bits per heavy atom. The number of halogens is 1. The maximum atomic E-state index is 12.3. The molecule has 3 rings (SSSR count). The van der Waals surface area contributed by atoms with E-state index >= 15 is 0 Å². The van der Waals surface area contributed by atoms with Gasteiger partial charge in [0.25, 0.3) is 0 Å². The Kier molecular flexibility index (Phi) is 6.54. The van der Waals surface area contributed by atoms with Crippen molar-refractivity contribution in [2.24, 2.45) is 0 Å². The standard InChI is InChI=1S/C20H23ClN2O5S/c1-14-5-6-15(21)12-17(14)23(29(2,25)26)9-3-4-20(24)22-16-7-8-18-19(13-16)28-11-10-27-18/h5-8,12-13H,3-4,9-11H2,1-2H3,(H,22,24). The van der Waals surface area contributed by atoms with Gasteiger partial charge in [0, 0.05) is 29.7 Å². The molecule has 1 N–H and O–H groups in total. The van der Waals surface area contributed by atoms with Gasteiger partial charge in [0.2, 0.25) is 15.9 Å². The summed E-state index contributed by atoms with van der Waals surface area (Å²) in [5, 5.41) is 3.26. The minimum Gasteiger partial charge on any atom is -0.486 e. The summed E-state index contributed by atoms with van der Waals surface area (Å²) in [7, 11) is -3.51. The number of hydrogen-bond donors (Lipinski definition) is 1. The third kappa shape index (κ3) is 5.55. The summed E-state index contributed by atoms with van der Waals surface area (Å²) < 4.78 is 36.8. The molecule has 0 saturated carbocycles. The lowest BCUT2D eigenvalue weighted by molar-refractivity contribution is -0.116. The monoisotopic (exact) mass is 438 g/mol. The van der Waals surface area contributed by atoms with E-state index in [4.69, 9.17) is 21.1 Å². The Hall–Kier alpha value is -2.45. The van der Waals surface area contributed by atoms with E-state index in [-0.39, 0.29) is 18.9 Å². The first-order valence-electron chi connectivity index (χ1n) is 9.17. The number of fused-ring (bicyclic) bond motifs is 1. The molecular weight excluding hydrogens is 416 g/mol. The molecule has 1 aliphatic heterocycles. The van der Waals surface area contributed by atoms with Crippen LogP contribution in [0, 0.1) is 6.92 Å². The van der Waals surface area contributed by atoms with Gasteiger partial charge >= 0.3 is 0 Å². The third-order valence-corrected chi connectivity index (χ3v) is 5.85. The van der Waals surface area contributed by atoms with E-state index in [0.29, 0.717) is 47.5 Å². The first-order valence-corrected chi connectivity index (χ1v) is 11.4. The Morgan fingerprint density at radius 1 is 1.14 bits per heavy atom. The average molecular weight is 439 g/mol. The highest BCUT2D eigenvalue weighted by molar-refractivity contribution is 7.92. The number of amides is 1. The minimum absolute atomic E-state index is 0.167. The molecule has 29 heavy (non-hydrogen) atoms. The number of rotatable bonds is 7. The van der Waals surface area contributed by atoms with E-state index in [9.17, 15) is 13.2 Å². The van der Waals surface area contributed by atoms with Gasteiger partial charge in [-0.05, 0) is 43.2 Å². The quantitative estimate of drug-likeness (QED) is 0.713. The maximum Gasteiger partial charge on any atom is 0.232 e. The number of hydrogen-bond acceptors (Lipinski definition) is 5. The SMILES string of the molecule is Cc1ccc(Cl)cc1N(CCCC(=O)Nc1ccc2c(c1)OCCO2)S(C)(=O)=O. The van der Waals surface area contributed by atoms with Crippen LogP contribution in [0.15, 0.2) is 36.4 Å². The molecule has 1 aliphatic rings. The molecular formula is C20H23ClN2O5S. The number of carbonyl (C=O) groups is 1. The molecule has 156 valence electrons. The van der Waals surface area contributed by atoms with Crippen molar-refractivity contribution < 1.29 is 22.7 Å². The van der Waals surface area contributed by atoms with Gasteiger partial charge in [-0.2, -0.15) is 0 Å². The van der Waals surface area contributed by atoms with Crippen LogP contribution in [0.5, 0.6) is 11.5 Å². The molecule has 0 saturated heterocycles.